The van der Waals surface area contributed by atoms with Gasteiger partial charge in [-0.25, -0.2) is 4.79 Å². The van der Waals surface area contributed by atoms with Crippen LogP contribution in [0.2, 0.25) is 0 Å². The summed E-state index contributed by atoms with van der Waals surface area (Å²) >= 11 is 0. The summed E-state index contributed by atoms with van der Waals surface area (Å²) in [7, 11) is 0. The van der Waals surface area contributed by atoms with Gasteiger partial charge in [-0.15, -0.1) is 0 Å². The van der Waals surface area contributed by atoms with Gasteiger partial charge in [-0.05, 0) is 25.0 Å². The molecule has 1 aliphatic heterocycles. The molecule has 18 heteroatoms. The molecule has 15 nitrogen and oxygen atoms in total. The number of nitro groups is 1. The molecular formula is C26H38F3N5O10. The minimum atomic E-state index is -5.06. The van der Waals surface area contributed by atoms with Gasteiger partial charge < -0.3 is 44.5 Å². The lowest BCUT2D eigenvalue weighted by Crippen LogP contribution is -2.51. The third-order valence-corrected chi connectivity index (χ3v) is 5.96. The van der Waals surface area contributed by atoms with E-state index in [2.05, 4.69) is 10.6 Å². The molecular weight excluding hydrogens is 599 g/mol. The van der Waals surface area contributed by atoms with E-state index >= 15 is 0 Å². The van der Waals surface area contributed by atoms with Crippen LogP contribution in [0.5, 0.6) is 0 Å². The van der Waals surface area contributed by atoms with E-state index in [1.807, 2.05) is 0 Å². The fourth-order valence-electron chi connectivity index (χ4n) is 3.74. The Morgan fingerprint density at radius 1 is 0.841 bits per heavy atom. The number of rotatable bonds is 8. The van der Waals surface area contributed by atoms with Gasteiger partial charge in [-0.2, -0.15) is 13.2 Å². The maximum absolute atomic E-state index is 13.6. The molecule has 1 heterocycles. The molecule has 0 bridgehead atoms. The first kappa shape index (κ1) is 36.6. The molecule has 44 heavy (non-hydrogen) atoms. The third-order valence-electron chi connectivity index (χ3n) is 5.96. The first-order valence-electron chi connectivity index (χ1n) is 13.9. The van der Waals surface area contributed by atoms with Crippen molar-refractivity contribution in [2.45, 2.75) is 25.1 Å². The van der Waals surface area contributed by atoms with E-state index in [1.54, 1.807) is 5.32 Å². The summed E-state index contributed by atoms with van der Waals surface area (Å²) in [6.45, 7) is 2.69. The van der Waals surface area contributed by atoms with Crippen molar-refractivity contribution in [3.63, 3.8) is 0 Å². The quantitative estimate of drug-likeness (QED) is 0.215. The Morgan fingerprint density at radius 3 is 1.77 bits per heavy atom. The third kappa shape index (κ3) is 15.2. The molecule has 1 aliphatic rings. The normalized spacial score (nSPS) is 17.4. The average molecular weight is 638 g/mol. The second kappa shape index (κ2) is 20.4. The molecule has 1 atom stereocenters. The van der Waals surface area contributed by atoms with Crippen molar-refractivity contribution in [2.75, 3.05) is 91.0 Å². The molecule has 2 rings (SSSR count). The van der Waals surface area contributed by atoms with Crippen LogP contribution in [0.15, 0.2) is 24.3 Å². The topological polar surface area (TPSA) is 180 Å². The zero-order chi connectivity index (χ0) is 32.2. The highest BCUT2D eigenvalue weighted by Gasteiger charge is 2.38. The Hall–Kier alpha value is -3.58. The molecule has 4 amide bonds. The number of nitrogens with zero attached hydrogens (tertiary/aromatic N) is 2. The van der Waals surface area contributed by atoms with Crippen molar-refractivity contribution in [1.29, 1.82) is 0 Å². The molecule has 1 saturated heterocycles. The number of non-ortho nitro benzene ring substituents is 1. The van der Waals surface area contributed by atoms with Crippen LogP contribution < -0.4 is 16.0 Å². The van der Waals surface area contributed by atoms with Gasteiger partial charge in [0.15, 0.2) is 0 Å². The van der Waals surface area contributed by atoms with Gasteiger partial charge in [0, 0.05) is 37.5 Å². The maximum atomic E-state index is 13.6. The predicted molar refractivity (Wildman–Crippen MR) is 148 cm³/mol. The molecule has 0 saturated carbocycles. The molecule has 0 spiro atoms. The lowest BCUT2D eigenvalue weighted by molar-refractivity contribution is -0.384. The van der Waals surface area contributed by atoms with Crippen molar-refractivity contribution < 1.29 is 56.2 Å². The Labute approximate surface area is 251 Å². The second-order valence-corrected chi connectivity index (χ2v) is 9.24. The van der Waals surface area contributed by atoms with E-state index in [0.29, 0.717) is 39.6 Å². The van der Waals surface area contributed by atoms with Crippen molar-refractivity contribution >= 4 is 29.2 Å². The van der Waals surface area contributed by atoms with Crippen molar-refractivity contribution in [3.05, 3.63) is 34.4 Å². The van der Waals surface area contributed by atoms with Crippen molar-refractivity contribution in [2.24, 2.45) is 0 Å². The molecule has 0 aliphatic carbocycles. The molecule has 1 aromatic carbocycles. The SMILES string of the molecule is O=C(Nc1ccc([N+](=O)[O-])cc1)N[C@@H](CCCNC(=O)C(F)(F)F)C(=O)N1CCOCCOCCOCCOCCOCC1. The molecule has 1 fully saturated rings. The number of benzene rings is 1. The lowest BCUT2D eigenvalue weighted by Gasteiger charge is -2.28. The number of carbonyl (C=O) groups excluding carboxylic acids is 3. The van der Waals surface area contributed by atoms with Crippen LogP contribution in [0.4, 0.5) is 29.3 Å². The van der Waals surface area contributed by atoms with E-state index in [-0.39, 0.29) is 63.7 Å². The standard InChI is InChI=1S/C26H38F3N5O10/c27-26(28,29)24(36)30-7-1-2-22(32-25(37)31-20-3-5-21(6-4-20)34(38)39)23(35)33-8-10-40-12-14-42-16-18-44-19-17-43-15-13-41-11-9-33/h3-6,22H,1-2,7-19H2,(H,30,36)(H2,31,32,37)/t22-/m0/s1. The van der Waals surface area contributed by atoms with E-state index in [1.165, 1.54) is 29.2 Å². The molecule has 3 N–H and O–H groups in total. The molecule has 248 valence electrons. The van der Waals surface area contributed by atoms with Crippen molar-refractivity contribution in [3.8, 4) is 0 Å². The summed E-state index contributed by atoms with van der Waals surface area (Å²) in [6.07, 6.45) is -5.25. The number of hydrogen-bond donors (Lipinski definition) is 3. The Morgan fingerprint density at radius 2 is 1.32 bits per heavy atom. The number of ether oxygens (including phenoxy) is 5. The number of halogens is 3. The summed E-state index contributed by atoms with van der Waals surface area (Å²) in [6, 6.07) is 2.92. The van der Waals surface area contributed by atoms with Gasteiger partial charge in [0.25, 0.3) is 5.69 Å². The highest BCUT2D eigenvalue weighted by atomic mass is 19.4. The summed E-state index contributed by atoms with van der Waals surface area (Å²) in [5.74, 6) is -2.68. The number of hydrogen-bond acceptors (Lipinski definition) is 10. The van der Waals surface area contributed by atoms with Gasteiger partial charge in [-0.3, -0.25) is 19.7 Å². The van der Waals surface area contributed by atoms with E-state index < -0.39 is 41.5 Å². The smallest absolute Gasteiger partial charge is 0.377 e. The van der Waals surface area contributed by atoms with Crippen LogP contribution in [-0.2, 0) is 33.3 Å². The summed E-state index contributed by atoms with van der Waals surface area (Å²) < 4.78 is 65.0. The van der Waals surface area contributed by atoms with Gasteiger partial charge in [-0.1, -0.05) is 0 Å². The number of amides is 4. The fraction of sp³-hybridized carbons (Fsp3) is 0.654. The number of carbonyl (C=O) groups is 3. The highest BCUT2D eigenvalue weighted by molar-refractivity contribution is 5.93. The monoisotopic (exact) mass is 637 g/mol. The molecule has 0 radical (unpaired) electrons. The minimum absolute atomic E-state index is 0.0741. The first-order chi connectivity index (χ1) is 21.1. The molecule has 0 unspecified atom stereocenters. The second-order valence-electron chi connectivity index (χ2n) is 9.24. The molecule has 1 aromatic rings. The maximum Gasteiger partial charge on any atom is 0.471 e. The first-order valence-corrected chi connectivity index (χ1v) is 13.9. The van der Waals surface area contributed by atoms with Crippen LogP contribution >= 0.6 is 0 Å². The van der Waals surface area contributed by atoms with Gasteiger partial charge in [0.1, 0.15) is 6.04 Å². The summed E-state index contributed by atoms with van der Waals surface area (Å²) in [4.78, 5) is 49.2. The number of alkyl halides is 3. The number of nitrogens with one attached hydrogen (secondary N) is 3. The Kier molecular flexibility index (Phi) is 17.0. The Bertz CT molecular complexity index is 1010. The zero-order valence-corrected chi connectivity index (χ0v) is 24.1. The van der Waals surface area contributed by atoms with Gasteiger partial charge >= 0.3 is 18.1 Å². The largest absolute Gasteiger partial charge is 0.471 e. The van der Waals surface area contributed by atoms with Crippen LogP contribution in [0, 0.1) is 10.1 Å². The van der Waals surface area contributed by atoms with Crippen LogP contribution in [0.1, 0.15) is 12.8 Å². The zero-order valence-electron chi connectivity index (χ0n) is 24.1. The minimum Gasteiger partial charge on any atom is -0.377 e. The molecule has 0 aromatic heterocycles. The van der Waals surface area contributed by atoms with Crippen LogP contribution in [-0.4, -0.2) is 126 Å². The predicted octanol–water partition coefficient (Wildman–Crippen LogP) is 1.47. The lowest BCUT2D eigenvalue weighted by atomic mass is 10.1. The number of anilines is 1. The number of nitro benzene ring substituents is 1. The van der Waals surface area contributed by atoms with Gasteiger partial charge in [0.2, 0.25) is 5.91 Å². The van der Waals surface area contributed by atoms with Gasteiger partial charge in [0.05, 0.1) is 71.0 Å². The van der Waals surface area contributed by atoms with E-state index in [0.717, 1.165) is 0 Å². The fourth-order valence-corrected chi connectivity index (χ4v) is 3.74. The van der Waals surface area contributed by atoms with Crippen LogP contribution in [0.3, 0.4) is 0 Å². The highest BCUT2D eigenvalue weighted by Crippen LogP contribution is 2.16. The number of urea groups is 1. The average Bonchev–Trinajstić information content (AvgIpc) is 2.98. The van der Waals surface area contributed by atoms with Crippen molar-refractivity contribution in [1.82, 2.24) is 15.5 Å². The van der Waals surface area contributed by atoms with E-state index in [4.69, 9.17) is 23.7 Å². The van der Waals surface area contributed by atoms with E-state index in [9.17, 15) is 37.7 Å². The summed E-state index contributed by atoms with van der Waals surface area (Å²) in [5.41, 5.74) is 0.00594. The summed E-state index contributed by atoms with van der Waals surface area (Å²) in [5, 5.41) is 17.6. The van der Waals surface area contributed by atoms with Crippen LogP contribution in [0.25, 0.3) is 0 Å². The Balaban J connectivity index is 2.07.